The number of benzene rings is 2. The van der Waals surface area contributed by atoms with Crippen LogP contribution in [0.15, 0.2) is 59.7 Å². The van der Waals surface area contributed by atoms with E-state index in [1.807, 2.05) is 36.6 Å². The molecule has 0 saturated carbocycles. The number of nitrogens with zero attached hydrogens (tertiary/aromatic N) is 2. The zero-order chi connectivity index (χ0) is 22.4. The first kappa shape index (κ1) is 21.8. The molecule has 160 valence electrons. The van der Waals surface area contributed by atoms with E-state index in [-0.39, 0.29) is 18.2 Å². The van der Waals surface area contributed by atoms with Crippen LogP contribution in [0.4, 0.5) is 10.1 Å². The Bertz CT molecular complexity index is 1120. The van der Waals surface area contributed by atoms with Gasteiger partial charge < -0.3 is 14.6 Å². The maximum absolute atomic E-state index is 13.6. The Labute approximate surface area is 179 Å². The van der Waals surface area contributed by atoms with E-state index in [0.717, 1.165) is 22.6 Å². The van der Waals surface area contributed by atoms with Gasteiger partial charge in [0.1, 0.15) is 5.82 Å². The summed E-state index contributed by atoms with van der Waals surface area (Å²) in [6, 6.07) is 15.2. The van der Waals surface area contributed by atoms with Crippen molar-refractivity contribution < 1.29 is 18.7 Å². The molecule has 2 N–H and O–H groups in total. The monoisotopic (exact) mass is 422 g/mol. The highest BCUT2D eigenvalue weighted by molar-refractivity contribution is 5.89. The molecule has 0 unspecified atom stereocenters. The smallest absolute Gasteiger partial charge is 0.337 e. The number of rotatable bonds is 7. The Balaban J connectivity index is 1.65. The molecule has 0 radical (unpaired) electrons. The van der Waals surface area contributed by atoms with Gasteiger partial charge in [-0.15, -0.1) is 0 Å². The van der Waals surface area contributed by atoms with Gasteiger partial charge in [-0.3, -0.25) is 4.79 Å². The SMILES string of the molecule is COC(=O)c1ccc(-n2c(C)cc(/C=N\NC(=O)CNc3ccccc3F)c2C)cc1. The fourth-order valence-electron chi connectivity index (χ4n) is 3.17. The van der Waals surface area contributed by atoms with Crippen LogP contribution in [0.1, 0.15) is 27.3 Å². The molecule has 31 heavy (non-hydrogen) atoms. The van der Waals surface area contributed by atoms with Crippen molar-refractivity contribution in [2.24, 2.45) is 5.10 Å². The summed E-state index contributed by atoms with van der Waals surface area (Å²) in [5.41, 5.74) is 6.77. The number of esters is 1. The lowest BCUT2D eigenvalue weighted by atomic mass is 10.2. The second-order valence-corrected chi connectivity index (χ2v) is 6.83. The quantitative estimate of drug-likeness (QED) is 0.346. The first-order chi connectivity index (χ1) is 14.9. The number of carbonyl (C=O) groups is 2. The summed E-state index contributed by atoms with van der Waals surface area (Å²) >= 11 is 0. The molecule has 8 heteroatoms. The van der Waals surface area contributed by atoms with E-state index in [9.17, 15) is 14.0 Å². The summed E-state index contributed by atoms with van der Waals surface area (Å²) < 4.78 is 20.3. The van der Waals surface area contributed by atoms with Crippen LogP contribution in [0.2, 0.25) is 0 Å². The van der Waals surface area contributed by atoms with E-state index < -0.39 is 11.7 Å². The molecule has 0 aliphatic rings. The Morgan fingerprint density at radius 1 is 1.13 bits per heavy atom. The van der Waals surface area contributed by atoms with Crippen molar-refractivity contribution in [3.63, 3.8) is 0 Å². The average Bonchev–Trinajstić information content (AvgIpc) is 3.05. The van der Waals surface area contributed by atoms with E-state index in [4.69, 9.17) is 4.74 Å². The lowest BCUT2D eigenvalue weighted by Crippen LogP contribution is -2.26. The zero-order valence-electron chi connectivity index (χ0n) is 17.5. The van der Waals surface area contributed by atoms with E-state index in [1.165, 1.54) is 13.2 Å². The van der Waals surface area contributed by atoms with E-state index in [2.05, 4.69) is 15.8 Å². The molecule has 1 amide bonds. The molecular weight excluding hydrogens is 399 g/mol. The van der Waals surface area contributed by atoms with Gasteiger partial charge in [-0.2, -0.15) is 5.10 Å². The number of hydrogen-bond donors (Lipinski definition) is 2. The Kier molecular flexibility index (Phi) is 6.81. The van der Waals surface area contributed by atoms with E-state index in [0.29, 0.717) is 5.56 Å². The highest BCUT2D eigenvalue weighted by Crippen LogP contribution is 2.20. The predicted molar refractivity (Wildman–Crippen MR) is 117 cm³/mol. The first-order valence-corrected chi connectivity index (χ1v) is 9.58. The number of para-hydroxylation sites is 1. The van der Waals surface area contributed by atoms with Gasteiger partial charge in [-0.25, -0.2) is 14.6 Å². The number of hydrogen-bond acceptors (Lipinski definition) is 5. The summed E-state index contributed by atoms with van der Waals surface area (Å²) in [6.07, 6.45) is 1.56. The molecule has 2 aromatic carbocycles. The molecule has 3 aromatic rings. The standard InChI is InChI=1S/C23H23FN4O3/c1-15-12-18(13-26-27-22(29)14-25-21-7-5-4-6-20(21)24)16(2)28(15)19-10-8-17(9-11-19)23(30)31-3/h4-13,25H,14H2,1-3H3,(H,27,29)/b26-13-. The number of hydrazone groups is 1. The van der Waals surface area contributed by atoms with Crippen LogP contribution in [0, 0.1) is 19.7 Å². The normalized spacial score (nSPS) is 10.8. The highest BCUT2D eigenvalue weighted by atomic mass is 19.1. The second kappa shape index (κ2) is 9.71. The zero-order valence-corrected chi connectivity index (χ0v) is 17.5. The predicted octanol–water partition coefficient (Wildman–Crippen LogP) is 3.58. The fraction of sp³-hybridized carbons (Fsp3) is 0.174. The minimum absolute atomic E-state index is 0.107. The third-order valence-corrected chi connectivity index (χ3v) is 4.72. The van der Waals surface area contributed by atoms with Crippen molar-refractivity contribution in [2.45, 2.75) is 13.8 Å². The number of ether oxygens (including phenoxy) is 1. The molecule has 7 nitrogen and oxygen atoms in total. The second-order valence-electron chi connectivity index (χ2n) is 6.83. The lowest BCUT2D eigenvalue weighted by Gasteiger charge is -2.10. The van der Waals surface area contributed by atoms with Crippen molar-refractivity contribution in [1.29, 1.82) is 0 Å². The number of methoxy groups -OCH3 is 1. The lowest BCUT2D eigenvalue weighted by molar-refractivity contribution is -0.119. The molecule has 1 aromatic heterocycles. The largest absolute Gasteiger partial charge is 0.465 e. The first-order valence-electron chi connectivity index (χ1n) is 9.58. The topological polar surface area (TPSA) is 84.7 Å². The van der Waals surface area contributed by atoms with Gasteiger partial charge in [0.25, 0.3) is 5.91 Å². The van der Waals surface area contributed by atoms with Gasteiger partial charge in [0.2, 0.25) is 0 Å². The molecular formula is C23H23FN4O3. The van der Waals surface area contributed by atoms with Gasteiger partial charge in [0, 0.05) is 22.6 Å². The summed E-state index contributed by atoms with van der Waals surface area (Å²) in [6.45, 7) is 3.78. The van der Waals surface area contributed by atoms with Gasteiger partial charge in [0.05, 0.1) is 31.1 Å². The number of amides is 1. The number of carbonyl (C=O) groups excluding carboxylic acids is 2. The third kappa shape index (κ3) is 5.16. The molecule has 0 saturated heterocycles. The van der Waals surface area contributed by atoms with Crippen molar-refractivity contribution >= 4 is 23.8 Å². The van der Waals surface area contributed by atoms with Crippen LogP contribution in [-0.4, -0.2) is 36.3 Å². The number of nitrogens with one attached hydrogen (secondary N) is 2. The molecule has 0 bridgehead atoms. The van der Waals surface area contributed by atoms with Crippen LogP contribution >= 0.6 is 0 Å². The molecule has 3 rings (SSSR count). The van der Waals surface area contributed by atoms with Crippen LogP contribution < -0.4 is 10.7 Å². The summed E-state index contributed by atoms with van der Waals surface area (Å²) in [5, 5.41) is 6.73. The highest BCUT2D eigenvalue weighted by Gasteiger charge is 2.11. The minimum Gasteiger partial charge on any atom is -0.465 e. The minimum atomic E-state index is -0.425. The van der Waals surface area contributed by atoms with Gasteiger partial charge in [-0.1, -0.05) is 12.1 Å². The van der Waals surface area contributed by atoms with E-state index in [1.54, 1.807) is 36.5 Å². The van der Waals surface area contributed by atoms with Crippen LogP contribution in [0.3, 0.4) is 0 Å². The van der Waals surface area contributed by atoms with Crippen LogP contribution in [0.5, 0.6) is 0 Å². The number of halogens is 1. The van der Waals surface area contributed by atoms with Gasteiger partial charge >= 0.3 is 5.97 Å². The summed E-state index contributed by atoms with van der Waals surface area (Å²) in [7, 11) is 1.34. The van der Waals surface area contributed by atoms with Crippen LogP contribution in [0.25, 0.3) is 5.69 Å². The number of anilines is 1. The van der Waals surface area contributed by atoms with Gasteiger partial charge in [-0.05, 0) is 56.3 Å². The average molecular weight is 422 g/mol. The Morgan fingerprint density at radius 3 is 2.52 bits per heavy atom. The molecule has 0 aliphatic carbocycles. The van der Waals surface area contributed by atoms with E-state index >= 15 is 0 Å². The Hall–Kier alpha value is -3.94. The molecule has 0 atom stereocenters. The molecule has 0 fully saturated rings. The number of aryl methyl sites for hydroxylation is 1. The van der Waals surface area contributed by atoms with Crippen molar-refractivity contribution in [2.75, 3.05) is 19.0 Å². The molecule has 0 spiro atoms. The Morgan fingerprint density at radius 2 is 1.84 bits per heavy atom. The summed E-state index contributed by atoms with van der Waals surface area (Å²) in [4.78, 5) is 23.6. The van der Waals surface area contributed by atoms with Crippen LogP contribution in [-0.2, 0) is 9.53 Å². The van der Waals surface area contributed by atoms with Crippen molar-refractivity contribution in [3.8, 4) is 5.69 Å². The number of aromatic nitrogens is 1. The van der Waals surface area contributed by atoms with Gasteiger partial charge in [0.15, 0.2) is 0 Å². The third-order valence-electron chi connectivity index (χ3n) is 4.72. The molecule has 1 heterocycles. The summed E-state index contributed by atoms with van der Waals surface area (Å²) in [5.74, 6) is -1.21. The maximum Gasteiger partial charge on any atom is 0.337 e. The van der Waals surface area contributed by atoms with Crippen molar-refractivity contribution in [3.05, 3.63) is 82.9 Å². The molecule has 0 aliphatic heterocycles. The maximum atomic E-state index is 13.6. The van der Waals surface area contributed by atoms with Crippen molar-refractivity contribution in [1.82, 2.24) is 9.99 Å². The fourth-order valence-corrected chi connectivity index (χ4v) is 3.17.